The van der Waals surface area contributed by atoms with Gasteiger partial charge in [0.25, 0.3) is 0 Å². The van der Waals surface area contributed by atoms with Crippen molar-refractivity contribution in [2.75, 3.05) is 5.73 Å². The number of nitrogen functional groups attached to an aromatic ring is 1. The third kappa shape index (κ3) is 0.845. The lowest BCUT2D eigenvalue weighted by atomic mass is 10.3. The Morgan fingerprint density at radius 2 is 2.33 bits per heavy atom. The Morgan fingerprint density at radius 3 is 3.08 bits per heavy atom. The van der Waals surface area contributed by atoms with Crippen LogP contribution in [0.3, 0.4) is 0 Å². The molecule has 4 heteroatoms. The minimum absolute atomic E-state index is 0.0847. The normalized spacial score (nSPS) is 10.8. The number of H-pyrrole nitrogens is 1. The highest BCUT2D eigenvalue weighted by atomic mass is 19.1. The Balaban J connectivity index is 2.89. The minimum atomic E-state index is -0.399. The van der Waals surface area contributed by atoms with E-state index in [1.54, 1.807) is 6.07 Å². The highest BCUT2D eigenvalue weighted by molar-refractivity contribution is 5.80. The lowest BCUT2D eigenvalue weighted by molar-refractivity contribution is 0.643. The number of halogens is 1. The Bertz CT molecular complexity index is 433. The average Bonchev–Trinajstić information content (AvgIpc) is 2.39. The fourth-order valence-electron chi connectivity index (χ4n) is 1.19. The summed E-state index contributed by atoms with van der Waals surface area (Å²) in [6.07, 6.45) is 1.31. The Labute approximate surface area is 68.4 Å². The van der Waals surface area contributed by atoms with Crippen molar-refractivity contribution in [2.24, 2.45) is 0 Å². The fourth-order valence-corrected chi connectivity index (χ4v) is 1.19. The van der Waals surface area contributed by atoms with Crippen LogP contribution in [0.4, 0.5) is 10.1 Å². The number of aromatic nitrogens is 2. The predicted octanol–water partition coefficient (Wildman–Crippen LogP) is 1.59. The second kappa shape index (κ2) is 2.20. The third-order valence-electron chi connectivity index (χ3n) is 1.75. The Kier molecular flexibility index (Phi) is 1.30. The fraction of sp³-hybridized carbons (Fsp3) is 0.125. The van der Waals surface area contributed by atoms with E-state index in [4.69, 9.17) is 5.73 Å². The van der Waals surface area contributed by atoms with Crippen molar-refractivity contribution in [1.29, 1.82) is 0 Å². The zero-order valence-corrected chi connectivity index (χ0v) is 6.56. The topological polar surface area (TPSA) is 54.7 Å². The van der Waals surface area contributed by atoms with Crippen LogP contribution in [0.15, 0.2) is 12.3 Å². The molecular weight excluding hydrogens is 157 g/mol. The monoisotopic (exact) mass is 165 g/mol. The first-order valence-corrected chi connectivity index (χ1v) is 3.58. The van der Waals surface area contributed by atoms with Crippen LogP contribution in [-0.4, -0.2) is 9.97 Å². The number of rotatable bonds is 0. The highest BCUT2D eigenvalue weighted by Gasteiger charge is 2.07. The van der Waals surface area contributed by atoms with E-state index in [9.17, 15) is 4.39 Å². The number of hydrogen-bond donors (Lipinski definition) is 2. The summed E-state index contributed by atoms with van der Waals surface area (Å²) in [4.78, 5) is 6.86. The number of aryl methyl sites for hydroxylation is 1. The number of pyridine rings is 1. The Morgan fingerprint density at radius 1 is 1.58 bits per heavy atom. The van der Waals surface area contributed by atoms with Gasteiger partial charge >= 0.3 is 0 Å². The SMILES string of the molecule is Cc1cc2c(F)c(N)cnc2[nH]1. The lowest BCUT2D eigenvalue weighted by Crippen LogP contribution is -1.92. The number of nitrogens with two attached hydrogens (primary N) is 1. The molecule has 0 saturated carbocycles. The summed E-state index contributed by atoms with van der Waals surface area (Å²) in [5, 5.41) is 0.451. The van der Waals surface area contributed by atoms with Crippen LogP contribution >= 0.6 is 0 Å². The van der Waals surface area contributed by atoms with Gasteiger partial charge < -0.3 is 10.7 Å². The van der Waals surface area contributed by atoms with E-state index in [1.807, 2.05) is 6.92 Å². The quantitative estimate of drug-likeness (QED) is 0.622. The molecule has 0 aliphatic carbocycles. The van der Waals surface area contributed by atoms with Crippen molar-refractivity contribution >= 4 is 16.7 Å². The standard InChI is InChI=1S/C8H8FN3/c1-4-2-5-7(9)6(10)3-11-8(5)12-4/h2-3H,10H2,1H3,(H,11,12). The maximum atomic E-state index is 13.2. The third-order valence-corrected chi connectivity index (χ3v) is 1.75. The number of hydrogen-bond acceptors (Lipinski definition) is 2. The van der Waals surface area contributed by atoms with Gasteiger partial charge in [-0.3, -0.25) is 0 Å². The predicted molar refractivity (Wildman–Crippen MR) is 45.2 cm³/mol. The molecule has 0 saturated heterocycles. The molecule has 2 aromatic heterocycles. The molecule has 0 radical (unpaired) electrons. The van der Waals surface area contributed by atoms with Crippen LogP contribution in [-0.2, 0) is 0 Å². The van der Waals surface area contributed by atoms with Crippen molar-refractivity contribution < 1.29 is 4.39 Å². The molecule has 0 unspecified atom stereocenters. The van der Waals surface area contributed by atoms with Gasteiger partial charge in [0.15, 0.2) is 5.82 Å². The molecular formula is C8H8FN3. The molecule has 0 spiro atoms. The zero-order chi connectivity index (χ0) is 8.72. The molecule has 0 aliphatic rings. The van der Waals surface area contributed by atoms with E-state index in [0.717, 1.165) is 5.69 Å². The van der Waals surface area contributed by atoms with Crippen molar-refractivity contribution in [2.45, 2.75) is 6.92 Å². The van der Waals surface area contributed by atoms with Gasteiger partial charge in [-0.1, -0.05) is 0 Å². The van der Waals surface area contributed by atoms with Gasteiger partial charge in [-0.05, 0) is 13.0 Å². The van der Waals surface area contributed by atoms with Crippen molar-refractivity contribution in [3.8, 4) is 0 Å². The molecule has 0 atom stereocenters. The van der Waals surface area contributed by atoms with E-state index in [2.05, 4.69) is 9.97 Å². The number of nitrogens with one attached hydrogen (secondary N) is 1. The number of anilines is 1. The first-order valence-electron chi connectivity index (χ1n) is 3.58. The maximum Gasteiger partial charge on any atom is 0.158 e. The van der Waals surface area contributed by atoms with Crippen molar-refractivity contribution in [3.63, 3.8) is 0 Å². The maximum absolute atomic E-state index is 13.2. The molecule has 0 aliphatic heterocycles. The molecule has 0 fully saturated rings. The molecule has 12 heavy (non-hydrogen) atoms. The molecule has 3 N–H and O–H groups in total. The van der Waals surface area contributed by atoms with Crippen molar-refractivity contribution in [1.82, 2.24) is 9.97 Å². The van der Waals surface area contributed by atoms with Crippen LogP contribution in [0.1, 0.15) is 5.69 Å². The van der Waals surface area contributed by atoms with Crippen LogP contribution in [0.25, 0.3) is 11.0 Å². The van der Waals surface area contributed by atoms with E-state index >= 15 is 0 Å². The van der Waals surface area contributed by atoms with E-state index < -0.39 is 5.82 Å². The Hall–Kier alpha value is -1.58. The van der Waals surface area contributed by atoms with Gasteiger partial charge in [0.2, 0.25) is 0 Å². The van der Waals surface area contributed by atoms with Gasteiger partial charge in [0.05, 0.1) is 17.3 Å². The molecule has 2 aromatic rings. The second-order valence-corrected chi connectivity index (χ2v) is 2.74. The minimum Gasteiger partial charge on any atom is -0.395 e. The van der Waals surface area contributed by atoms with Crippen LogP contribution in [0, 0.1) is 12.7 Å². The molecule has 2 rings (SSSR count). The highest BCUT2D eigenvalue weighted by Crippen LogP contribution is 2.20. The molecule has 0 amide bonds. The zero-order valence-electron chi connectivity index (χ0n) is 6.56. The largest absolute Gasteiger partial charge is 0.395 e. The summed E-state index contributed by atoms with van der Waals surface area (Å²) in [6, 6.07) is 1.69. The van der Waals surface area contributed by atoms with Gasteiger partial charge in [-0.2, -0.15) is 0 Å². The van der Waals surface area contributed by atoms with Crippen LogP contribution in [0.5, 0.6) is 0 Å². The number of aromatic amines is 1. The van der Waals surface area contributed by atoms with Crippen LogP contribution in [0.2, 0.25) is 0 Å². The second-order valence-electron chi connectivity index (χ2n) is 2.74. The molecule has 0 aromatic carbocycles. The van der Waals surface area contributed by atoms with Gasteiger partial charge in [-0.25, -0.2) is 9.37 Å². The lowest BCUT2D eigenvalue weighted by Gasteiger charge is -1.94. The van der Waals surface area contributed by atoms with Gasteiger partial charge in [0, 0.05) is 5.69 Å². The number of nitrogens with zero attached hydrogens (tertiary/aromatic N) is 1. The molecule has 3 nitrogen and oxygen atoms in total. The summed E-state index contributed by atoms with van der Waals surface area (Å²) in [7, 11) is 0. The average molecular weight is 165 g/mol. The molecule has 62 valence electrons. The summed E-state index contributed by atoms with van der Waals surface area (Å²) in [5.41, 5.74) is 6.85. The first-order chi connectivity index (χ1) is 5.68. The van der Waals surface area contributed by atoms with E-state index in [0.29, 0.717) is 11.0 Å². The van der Waals surface area contributed by atoms with Gasteiger partial charge in [0.1, 0.15) is 5.65 Å². The van der Waals surface area contributed by atoms with E-state index in [1.165, 1.54) is 6.20 Å². The molecule has 0 bridgehead atoms. The summed E-state index contributed by atoms with van der Waals surface area (Å²) in [6.45, 7) is 1.84. The number of fused-ring (bicyclic) bond motifs is 1. The summed E-state index contributed by atoms with van der Waals surface area (Å²) in [5.74, 6) is -0.399. The first kappa shape index (κ1) is 7.09. The summed E-state index contributed by atoms with van der Waals surface area (Å²) < 4.78 is 13.2. The van der Waals surface area contributed by atoms with Gasteiger partial charge in [-0.15, -0.1) is 0 Å². The van der Waals surface area contributed by atoms with E-state index in [-0.39, 0.29) is 5.69 Å². The smallest absolute Gasteiger partial charge is 0.158 e. The summed E-state index contributed by atoms with van der Waals surface area (Å²) >= 11 is 0. The van der Waals surface area contributed by atoms with Crippen LogP contribution < -0.4 is 5.73 Å². The molecule has 2 heterocycles. The van der Waals surface area contributed by atoms with Crippen molar-refractivity contribution in [3.05, 3.63) is 23.8 Å².